The lowest BCUT2D eigenvalue weighted by Crippen LogP contribution is -2.34. The maximum atomic E-state index is 12.3. The van der Waals surface area contributed by atoms with Crippen LogP contribution in [0.4, 0.5) is 8.78 Å². The number of alkyl halides is 2. The summed E-state index contributed by atoms with van der Waals surface area (Å²) in [4.78, 5) is 0. The summed E-state index contributed by atoms with van der Waals surface area (Å²) in [7, 11) is 0. The number of fused-ring (bicyclic) bond motifs is 1. The summed E-state index contributed by atoms with van der Waals surface area (Å²) in [6, 6.07) is 8.26. The van der Waals surface area contributed by atoms with E-state index in [2.05, 4.69) is 31.3 Å². The van der Waals surface area contributed by atoms with E-state index in [-0.39, 0.29) is 18.0 Å². The van der Waals surface area contributed by atoms with Crippen LogP contribution in [0.2, 0.25) is 0 Å². The highest BCUT2D eigenvalue weighted by Gasteiger charge is 2.32. The van der Waals surface area contributed by atoms with E-state index >= 15 is 0 Å². The third-order valence-electron chi connectivity index (χ3n) is 3.64. The van der Waals surface area contributed by atoms with Crippen molar-refractivity contribution in [2.45, 2.75) is 44.6 Å². The molecule has 0 amide bonds. The van der Waals surface area contributed by atoms with Crippen molar-refractivity contribution in [2.75, 3.05) is 6.54 Å². The molecule has 3 heteroatoms. The number of benzene rings is 1. The molecule has 0 aromatic heterocycles. The average molecular weight is 239 g/mol. The summed E-state index contributed by atoms with van der Waals surface area (Å²) in [5, 5.41) is 2.96. The van der Waals surface area contributed by atoms with Gasteiger partial charge in [0.15, 0.2) is 0 Å². The number of nitrogens with one attached hydrogen (secondary N) is 1. The van der Waals surface area contributed by atoms with Gasteiger partial charge in [0.2, 0.25) is 0 Å². The predicted octanol–water partition coefficient (Wildman–Crippen LogP) is 3.65. The van der Waals surface area contributed by atoms with Crippen LogP contribution in [0.5, 0.6) is 0 Å². The van der Waals surface area contributed by atoms with E-state index in [1.54, 1.807) is 0 Å². The lowest BCUT2D eigenvalue weighted by molar-refractivity contribution is 0.139. The van der Waals surface area contributed by atoms with E-state index in [1.807, 2.05) is 12.1 Å². The molecule has 1 N–H and O–H groups in total. The van der Waals surface area contributed by atoms with Crippen molar-refractivity contribution in [3.63, 3.8) is 0 Å². The summed E-state index contributed by atoms with van der Waals surface area (Å²) in [5.74, 6) is 0. The number of hydrogen-bond acceptors (Lipinski definition) is 1. The predicted molar refractivity (Wildman–Crippen MR) is 65.4 cm³/mol. The highest BCUT2D eigenvalue weighted by molar-refractivity contribution is 5.38. The Morgan fingerprint density at radius 3 is 2.76 bits per heavy atom. The fraction of sp³-hybridized carbons (Fsp3) is 0.571. The summed E-state index contributed by atoms with van der Waals surface area (Å²) in [5.41, 5.74) is 2.63. The average Bonchev–Trinajstić information content (AvgIpc) is 2.28. The third-order valence-corrected chi connectivity index (χ3v) is 3.64. The van der Waals surface area contributed by atoms with E-state index < -0.39 is 6.43 Å². The van der Waals surface area contributed by atoms with Crippen LogP contribution in [0.15, 0.2) is 24.3 Å². The van der Waals surface area contributed by atoms with Crippen molar-refractivity contribution in [2.24, 2.45) is 0 Å². The van der Waals surface area contributed by atoms with Gasteiger partial charge in [-0.05, 0) is 29.4 Å². The normalized spacial score (nSPS) is 22.5. The molecule has 94 valence electrons. The Bertz CT molecular complexity index is 388. The van der Waals surface area contributed by atoms with Gasteiger partial charge in [-0.3, -0.25) is 0 Å². The van der Waals surface area contributed by atoms with Crippen molar-refractivity contribution in [1.29, 1.82) is 0 Å². The van der Waals surface area contributed by atoms with Gasteiger partial charge in [-0.2, -0.15) is 0 Å². The molecular formula is C14H19F2N. The second-order valence-electron chi connectivity index (χ2n) is 5.36. The summed E-state index contributed by atoms with van der Waals surface area (Å²) in [6.07, 6.45) is -0.320. The summed E-state index contributed by atoms with van der Waals surface area (Å²) >= 11 is 0. The van der Waals surface area contributed by atoms with Gasteiger partial charge in [-0.15, -0.1) is 0 Å². The van der Waals surface area contributed by atoms with Gasteiger partial charge in [-0.25, -0.2) is 8.78 Å². The number of rotatable bonds is 3. The van der Waals surface area contributed by atoms with E-state index in [0.717, 1.165) is 12.8 Å². The molecule has 17 heavy (non-hydrogen) atoms. The van der Waals surface area contributed by atoms with Gasteiger partial charge in [0, 0.05) is 6.04 Å². The second kappa shape index (κ2) is 4.73. The van der Waals surface area contributed by atoms with Gasteiger partial charge < -0.3 is 5.32 Å². The fourth-order valence-corrected chi connectivity index (χ4v) is 2.66. The highest BCUT2D eigenvalue weighted by Crippen LogP contribution is 2.41. The first kappa shape index (κ1) is 12.5. The number of hydrogen-bond donors (Lipinski definition) is 1. The molecule has 0 fully saturated rings. The number of halogens is 2. The monoisotopic (exact) mass is 239 g/mol. The van der Waals surface area contributed by atoms with Crippen LogP contribution in [-0.2, 0) is 5.41 Å². The third kappa shape index (κ3) is 2.65. The Hall–Kier alpha value is -0.960. The molecule has 0 aliphatic heterocycles. The maximum absolute atomic E-state index is 12.3. The first-order valence-electron chi connectivity index (χ1n) is 6.11. The van der Waals surface area contributed by atoms with Crippen molar-refractivity contribution in [3.8, 4) is 0 Å². The first-order valence-corrected chi connectivity index (χ1v) is 6.11. The molecule has 1 atom stereocenters. The molecule has 0 bridgehead atoms. The minimum Gasteiger partial charge on any atom is -0.305 e. The molecule has 0 saturated heterocycles. The Morgan fingerprint density at radius 2 is 2.06 bits per heavy atom. The zero-order valence-electron chi connectivity index (χ0n) is 10.3. The van der Waals surface area contributed by atoms with Crippen LogP contribution in [0, 0.1) is 0 Å². The van der Waals surface area contributed by atoms with E-state index in [9.17, 15) is 8.78 Å². The van der Waals surface area contributed by atoms with Crippen LogP contribution in [-0.4, -0.2) is 13.0 Å². The molecule has 1 aromatic carbocycles. The van der Waals surface area contributed by atoms with Gasteiger partial charge in [0.1, 0.15) is 0 Å². The smallest absolute Gasteiger partial charge is 0.250 e. The van der Waals surface area contributed by atoms with Gasteiger partial charge in [-0.1, -0.05) is 38.1 Å². The maximum Gasteiger partial charge on any atom is 0.250 e. The molecule has 2 rings (SSSR count). The van der Waals surface area contributed by atoms with Gasteiger partial charge in [0.25, 0.3) is 6.43 Å². The summed E-state index contributed by atoms with van der Waals surface area (Å²) < 4.78 is 24.5. The first-order chi connectivity index (χ1) is 8.00. The minimum atomic E-state index is -2.28. The standard InChI is InChI=1S/C14H19F2N/c1-14(2)8-7-12(17-9-13(15)16)10-5-3-4-6-11(10)14/h3-6,12-13,17H,7-9H2,1-2H3. The molecule has 1 unspecified atom stereocenters. The van der Waals surface area contributed by atoms with E-state index in [4.69, 9.17) is 0 Å². The SMILES string of the molecule is CC1(C)CCC(NCC(F)F)c2ccccc21. The van der Waals surface area contributed by atoms with Gasteiger partial charge in [0.05, 0.1) is 6.54 Å². The Kier molecular flexibility index (Phi) is 3.48. The Labute approximate surface area is 101 Å². The summed E-state index contributed by atoms with van der Waals surface area (Å²) in [6.45, 7) is 4.21. The van der Waals surface area contributed by atoms with Crippen molar-refractivity contribution in [3.05, 3.63) is 35.4 Å². The van der Waals surface area contributed by atoms with Crippen molar-refractivity contribution in [1.82, 2.24) is 5.32 Å². The van der Waals surface area contributed by atoms with Crippen LogP contribution < -0.4 is 5.32 Å². The Balaban J connectivity index is 2.22. The zero-order valence-corrected chi connectivity index (χ0v) is 10.3. The van der Waals surface area contributed by atoms with Crippen LogP contribution >= 0.6 is 0 Å². The fourth-order valence-electron chi connectivity index (χ4n) is 2.66. The van der Waals surface area contributed by atoms with E-state index in [1.165, 1.54) is 11.1 Å². The molecular weight excluding hydrogens is 220 g/mol. The topological polar surface area (TPSA) is 12.0 Å². The van der Waals surface area contributed by atoms with Gasteiger partial charge >= 0.3 is 0 Å². The molecule has 0 radical (unpaired) electrons. The molecule has 1 aliphatic rings. The van der Waals surface area contributed by atoms with Crippen LogP contribution in [0.25, 0.3) is 0 Å². The molecule has 0 saturated carbocycles. The largest absolute Gasteiger partial charge is 0.305 e. The molecule has 1 nitrogen and oxygen atoms in total. The lowest BCUT2D eigenvalue weighted by Gasteiger charge is -2.37. The van der Waals surface area contributed by atoms with E-state index in [0.29, 0.717) is 0 Å². The highest BCUT2D eigenvalue weighted by atomic mass is 19.3. The Morgan fingerprint density at radius 1 is 1.35 bits per heavy atom. The molecule has 1 aromatic rings. The van der Waals surface area contributed by atoms with Crippen LogP contribution in [0.1, 0.15) is 43.9 Å². The second-order valence-corrected chi connectivity index (χ2v) is 5.36. The zero-order chi connectivity index (χ0) is 12.5. The quantitative estimate of drug-likeness (QED) is 0.849. The van der Waals surface area contributed by atoms with Crippen molar-refractivity contribution >= 4 is 0 Å². The molecule has 0 spiro atoms. The van der Waals surface area contributed by atoms with Crippen LogP contribution in [0.3, 0.4) is 0 Å². The minimum absolute atomic E-state index is 0.0771. The molecule has 0 heterocycles. The molecule has 1 aliphatic carbocycles. The lowest BCUT2D eigenvalue weighted by atomic mass is 9.71. The van der Waals surface area contributed by atoms with Crippen molar-refractivity contribution < 1.29 is 8.78 Å².